The zero-order valence-electron chi connectivity index (χ0n) is 9.24. The normalized spacial score (nSPS) is 10.5. The van der Waals surface area contributed by atoms with Gasteiger partial charge in [0.05, 0.1) is 15.7 Å². The van der Waals surface area contributed by atoms with Crippen molar-refractivity contribution in [2.75, 3.05) is 0 Å². The summed E-state index contributed by atoms with van der Waals surface area (Å²) >= 11 is 13.5. The Bertz CT molecular complexity index is 513. The molecule has 1 heterocycles. The van der Waals surface area contributed by atoms with Crippen LogP contribution in [-0.4, -0.2) is 4.98 Å². The van der Waals surface area contributed by atoms with Crippen molar-refractivity contribution in [1.82, 2.24) is 4.98 Å². The number of hydrogen-bond donors (Lipinski definition) is 0. The van der Waals surface area contributed by atoms with Gasteiger partial charge in [0.25, 0.3) is 0 Å². The van der Waals surface area contributed by atoms with E-state index in [1.165, 1.54) is 0 Å². The highest BCUT2D eigenvalue weighted by molar-refractivity contribution is 7.09. The van der Waals surface area contributed by atoms with Gasteiger partial charge in [-0.15, -0.1) is 11.3 Å². The molecule has 2 aromatic rings. The Balaban J connectivity index is 2.04. The van der Waals surface area contributed by atoms with Crippen molar-refractivity contribution in [3.05, 3.63) is 44.3 Å². The molecule has 0 saturated heterocycles. The Kier molecular flexibility index (Phi) is 4.26. The fourth-order valence-electron chi connectivity index (χ4n) is 1.32. The summed E-state index contributed by atoms with van der Waals surface area (Å²) < 4.78 is 5.59. The monoisotopic (exact) mass is 287 g/mol. The Morgan fingerprint density at radius 3 is 2.88 bits per heavy atom. The van der Waals surface area contributed by atoms with E-state index in [0.29, 0.717) is 22.4 Å². The van der Waals surface area contributed by atoms with Crippen molar-refractivity contribution < 1.29 is 4.74 Å². The van der Waals surface area contributed by atoms with Gasteiger partial charge in [-0.3, -0.25) is 0 Å². The Morgan fingerprint density at radius 2 is 2.18 bits per heavy atom. The third kappa shape index (κ3) is 3.35. The van der Waals surface area contributed by atoms with Crippen LogP contribution in [0, 0.1) is 0 Å². The Labute approximate surface area is 114 Å². The number of rotatable bonds is 4. The van der Waals surface area contributed by atoms with E-state index in [2.05, 4.69) is 11.9 Å². The van der Waals surface area contributed by atoms with Crippen LogP contribution in [0.2, 0.25) is 10.0 Å². The van der Waals surface area contributed by atoms with Crippen molar-refractivity contribution in [1.29, 1.82) is 0 Å². The molecule has 1 aromatic carbocycles. The van der Waals surface area contributed by atoms with Crippen LogP contribution < -0.4 is 4.74 Å². The second kappa shape index (κ2) is 5.71. The quantitative estimate of drug-likeness (QED) is 0.820. The highest BCUT2D eigenvalue weighted by atomic mass is 35.5. The standard InChI is InChI=1S/C12H11Cl2NOS/c1-2-12-15-9(7-17-12)6-16-11-5-8(13)3-4-10(11)14/h3-5,7H,2,6H2,1H3. The van der Waals surface area contributed by atoms with E-state index in [1.807, 2.05) is 5.38 Å². The first kappa shape index (κ1) is 12.7. The molecule has 0 bridgehead atoms. The fourth-order valence-corrected chi connectivity index (χ4v) is 2.38. The summed E-state index contributed by atoms with van der Waals surface area (Å²) in [7, 11) is 0. The number of thiazole rings is 1. The molecule has 0 aliphatic heterocycles. The molecule has 0 spiro atoms. The Morgan fingerprint density at radius 1 is 1.35 bits per heavy atom. The first-order valence-electron chi connectivity index (χ1n) is 5.20. The second-order valence-electron chi connectivity index (χ2n) is 3.45. The molecule has 90 valence electrons. The number of aryl methyl sites for hydroxylation is 1. The maximum Gasteiger partial charge on any atom is 0.139 e. The fraction of sp³-hybridized carbons (Fsp3) is 0.250. The summed E-state index contributed by atoms with van der Waals surface area (Å²) in [5.74, 6) is 0.588. The lowest BCUT2D eigenvalue weighted by Crippen LogP contribution is -1.96. The zero-order chi connectivity index (χ0) is 12.3. The summed E-state index contributed by atoms with van der Waals surface area (Å²) in [6.45, 7) is 2.49. The molecule has 1 aromatic heterocycles. The number of halogens is 2. The van der Waals surface area contributed by atoms with Crippen molar-refractivity contribution in [3.8, 4) is 5.75 Å². The van der Waals surface area contributed by atoms with E-state index in [1.54, 1.807) is 29.5 Å². The highest BCUT2D eigenvalue weighted by Gasteiger charge is 2.05. The van der Waals surface area contributed by atoms with E-state index in [4.69, 9.17) is 27.9 Å². The topological polar surface area (TPSA) is 22.1 Å². The number of ether oxygens (including phenoxy) is 1. The molecule has 0 saturated carbocycles. The molecule has 17 heavy (non-hydrogen) atoms. The molecule has 0 radical (unpaired) electrons. The van der Waals surface area contributed by atoms with Crippen LogP contribution in [0.5, 0.6) is 5.75 Å². The molecule has 0 fully saturated rings. The lowest BCUT2D eigenvalue weighted by atomic mass is 10.3. The predicted molar refractivity (Wildman–Crippen MR) is 72.3 cm³/mol. The van der Waals surface area contributed by atoms with Crippen LogP contribution in [0.1, 0.15) is 17.6 Å². The van der Waals surface area contributed by atoms with Crippen LogP contribution in [0.4, 0.5) is 0 Å². The van der Waals surface area contributed by atoms with Crippen LogP contribution in [0.15, 0.2) is 23.6 Å². The van der Waals surface area contributed by atoms with E-state index in [-0.39, 0.29) is 0 Å². The van der Waals surface area contributed by atoms with E-state index >= 15 is 0 Å². The molecule has 0 atom stereocenters. The van der Waals surface area contributed by atoms with Gasteiger partial charge in [-0.2, -0.15) is 0 Å². The third-order valence-electron chi connectivity index (χ3n) is 2.17. The van der Waals surface area contributed by atoms with Crippen LogP contribution in [-0.2, 0) is 13.0 Å². The van der Waals surface area contributed by atoms with Crippen molar-refractivity contribution in [2.45, 2.75) is 20.0 Å². The summed E-state index contributed by atoms with van der Waals surface area (Å²) in [4.78, 5) is 4.41. The summed E-state index contributed by atoms with van der Waals surface area (Å²) in [5, 5.41) is 4.27. The van der Waals surface area contributed by atoms with Gasteiger partial charge in [0.2, 0.25) is 0 Å². The molecule has 0 N–H and O–H groups in total. The van der Waals surface area contributed by atoms with Gasteiger partial charge in [0.15, 0.2) is 0 Å². The average molecular weight is 288 g/mol. The van der Waals surface area contributed by atoms with Gasteiger partial charge >= 0.3 is 0 Å². The Hall–Kier alpha value is -0.770. The lowest BCUT2D eigenvalue weighted by Gasteiger charge is -2.06. The minimum atomic E-state index is 0.413. The molecular weight excluding hydrogens is 277 g/mol. The highest BCUT2D eigenvalue weighted by Crippen LogP contribution is 2.28. The van der Waals surface area contributed by atoms with Gasteiger partial charge in [-0.1, -0.05) is 30.1 Å². The van der Waals surface area contributed by atoms with Crippen molar-refractivity contribution in [2.24, 2.45) is 0 Å². The van der Waals surface area contributed by atoms with Gasteiger partial charge < -0.3 is 4.74 Å². The lowest BCUT2D eigenvalue weighted by molar-refractivity contribution is 0.302. The predicted octanol–water partition coefficient (Wildman–Crippen LogP) is 4.59. The maximum absolute atomic E-state index is 5.99. The molecular formula is C12H11Cl2NOS. The number of benzene rings is 1. The zero-order valence-corrected chi connectivity index (χ0v) is 11.6. The van der Waals surface area contributed by atoms with Gasteiger partial charge in [-0.25, -0.2) is 4.98 Å². The van der Waals surface area contributed by atoms with Crippen molar-refractivity contribution in [3.63, 3.8) is 0 Å². The minimum Gasteiger partial charge on any atom is -0.486 e. The molecule has 2 nitrogen and oxygen atoms in total. The minimum absolute atomic E-state index is 0.413. The summed E-state index contributed by atoms with van der Waals surface area (Å²) in [6, 6.07) is 5.16. The van der Waals surface area contributed by atoms with E-state index in [0.717, 1.165) is 17.1 Å². The molecule has 2 rings (SSSR count). The second-order valence-corrected chi connectivity index (χ2v) is 5.24. The van der Waals surface area contributed by atoms with Gasteiger partial charge in [-0.05, 0) is 18.6 Å². The molecule has 0 aliphatic carbocycles. The molecule has 0 aliphatic rings. The first-order valence-corrected chi connectivity index (χ1v) is 6.83. The summed E-state index contributed by atoms with van der Waals surface area (Å²) in [5.41, 5.74) is 0.919. The van der Waals surface area contributed by atoms with E-state index < -0.39 is 0 Å². The third-order valence-corrected chi connectivity index (χ3v) is 3.76. The van der Waals surface area contributed by atoms with Crippen LogP contribution in [0.3, 0.4) is 0 Å². The maximum atomic E-state index is 5.99. The number of aromatic nitrogens is 1. The molecule has 5 heteroatoms. The molecule has 0 unspecified atom stereocenters. The van der Waals surface area contributed by atoms with Gasteiger partial charge in [0.1, 0.15) is 12.4 Å². The van der Waals surface area contributed by atoms with Crippen molar-refractivity contribution >= 4 is 34.5 Å². The largest absolute Gasteiger partial charge is 0.486 e. The summed E-state index contributed by atoms with van der Waals surface area (Å²) in [6.07, 6.45) is 0.947. The van der Waals surface area contributed by atoms with Gasteiger partial charge in [0, 0.05) is 16.5 Å². The first-order chi connectivity index (χ1) is 8.19. The average Bonchev–Trinajstić information content (AvgIpc) is 2.78. The van der Waals surface area contributed by atoms with Crippen LogP contribution in [0.25, 0.3) is 0 Å². The number of nitrogens with zero attached hydrogens (tertiary/aromatic N) is 1. The number of hydrogen-bond acceptors (Lipinski definition) is 3. The smallest absolute Gasteiger partial charge is 0.139 e. The molecule has 0 amide bonds. The SMILES string of the molecule is CCc1nc(COc2cc(Cl)ccc2Cl)cs1. The van der Waals surface area contributed by atoms with Crippen LogP contribution >= 0.6 is 34.5 Å². The van der Waals surface area contributed by atoms with E-state index in [9.17, 15) is 0 Å².